The Morgan fingerprint density at radius 3 is 2.66 bits per heavy atom. The largest absolute Gasteiger partial charge is 0.480 e. The van der Waals surface area contributed by atoms with Crippen molar-refractivity contribution < 1.29 is 32.3 Å². The number of benzene rings is 1. The number of carbonyl (C=O) groups excluding carboxylic acids is 1. The van der Waals surface area contributed by atoms with Gasteiger partial charge in [-0.05, 0) is 24.6 Å². The summed E-state index contributed by atoms with van der Waals surface area (Å²) in [6, 6.07) is 3.24. The van der Waals surface area contributed by atoms with Crippen molar-refractivity contribution in [3.05, 3.63) is 57.8 Å². The van der Waals surface area contributed by atoms with Gasteiger partial charge in [-0.1, -0.05) is 37.4 Å². The number of hydrogen-bond donors (Lipinski definition) is 3. The van der Waals surface area contributed by atoms with Crippen LogP contribution in [0.5, 0.6) is 0 Å². The Morgan fingerprint density at radius 2 is 2.03 bits per heavy atom. The molecule has 1 aromatic carbocycles. The molecule has 0 saturated carbocycles. The predicted molar refractivity (Wildman–Crippen MR) is 124 cm³/mol. The molecule has 0 aliphatic heterocycles. The van der Waals surface area contributed by atoms with Crippen molar-refractivity contribution in [1.29, 1.82) is 0 Å². The summed E-state index contributed by atoms with van der Waals surface area (Å²) in [5.41, 5.74) is -1.81. The van der Waals surface area contributed by atoms with Gasteiger partial charge in [0.2, 0.25) is 0 Å². The van der Waals surface area contributed by atoms with Gasteiger partial charge in [0.25, 0.3) is 5.91 Å². The molecule has 7 nitrogen and oxygen atoms in total. The van der Waals surface area contributed by atoms with Crippen LogP contribution in [0, 0.1) is 5.82 Å². The molecular weight excluding hydrogens is 512 g/mol. The molecule has 1 amide bonds. The molecule has 0 fully saturated rings. The van der Waals surface area contributed by atoms with Gasteiger partial charge in [0.15, 0.2) is 5.13 Å². The topological polar surface area (TPSA) is 104 Å². The number of alkyl halides is 3. The van der Waals surface area contributed by atoms with E-state index < -0.39 is 35.5 Å². The summed E-state index contributed by atoms with van der Waals surface area (Å²) >= 11 is 7.06. The summed E-state index contributed by atoms with van der Waals surface area (Å²) in [5.74, 6) is -3.09. The lowest BCUT2D eigenvalue weighted by Crippen LogP contribution is -2.29. The van der Waals surface area contributed by atoms with Gasteiger partial charge < -0.3 is 10.4 Å². The van der Waals surface area contributed by atoms with Gasteiger partial charge in [-0.15, -0.1) is 11.3 Å². The minimum Gasteiger partial charge on any atom is -0.480 e. The monoisotopic (exact) mass is 530 g/mol. The van der Waals surface area contributed by atoms with Crippen molar-refractivity contribution in [2.24, 2.45) is 0 Å². The number of thiazole rings is 1. The van der Waals surface area contributed by atoms with Crippen molar-refractivity contribution in [2.75, 3.05) is 10.6 Å². The van der Waals surface area contributed by atoms with Crippen molar-refractivity contribution in [3.63, 3.8) is 0 Å². The number of carboxylic acid groups (broad SMARTS) is 1. The number of nitrogens with one attached hydrogen (secondary N) is 2. The molecule has 0 radical (unpaired) electrons. The number of pyridine rings is 1. The number of carbonyl (C=O) groups is 2. The Hall–Kier alpha value is -3.25. The van der Waals surface area contributed by atoms with Gasteiger partial charge in [0, 0.05) is 17.1 Å². The van der Waals surface area contributed by atoms with Crippen LogP contribution >= 0.6 is 22.9 Å². The Kier molecular flexibility index (Phi) is 8.28. The van der Waals surface area contributed by atoms with E-state index in [9.17, 15) is 32.3 Å². The Balaban J connectivity index is 1.74. The van der Waals surface area contributed by atoms with Crippen LogP contribution in [0.15, 0.2) is 35.8 Å². The minimum absolute atomic E-state index is 0.0191. The molecule has 0 aliphatic carbocycles. The number of unbranched alkanes of at least 4 members (excludes halogenated alkanes) is 1. The zero-order chi connectivity index (χ0) is 25.8. The minimum atomic E-state index is -4.86. The normalized spacial score (nSPS) is 12.3. The molecule has 186 valence electrons. The van der Waals surface area contributed by atoms with E-state index in [-0.39, 0.29) is 32.8 Å². The SMILES string of the molecule is CCCCC(Nc1ncc(C(=O)Nc2nc(-c3cccc(C(F)(F)F)c3F)cs2)cc1Cl)C(=O)O. The molecule has 1 atom stereocenters. The lowest BCUT2D eigenvalue weighted by atomic mass is 10.1. The quantitative estimate of drug-likeness (QED) is 0.279. The maximum atomic E-state index is 14.4. The summed E-state index contributed by atoms with van der Waals surface area (Å²) in [6.07, 6.45) is -1.82. The van der Waals surface area contributed by atoms with Crippen molar-refractivity contribution in [1.82, 2.24) is 9.97 Å². The Bertz CT molecular complexity index is 1240. The molecule has 35 heavy (non-hydrogen) atoms. The van der Waals surface area contributed by atoms with Crippen LogP contribution in [-0.4, -0.2) is 33.0 Å². The van der Waals surface area contributed by atoms with Crippen LogP contribution in [0.2, 0.25) is 5.02 Å². The highest BCUT2D eigenvalue weighted by Crippen LogP contribution is 2.36. The maximum Gasteiger partial charge on any atom is 0.419 e. The first-order valence-corrected chi connectivity index (χ1v) is 11.5. The van der Waals surface area contributed by atoms with Gasteiger partial charge in [-0.2, -0.15) is 13.2 Å². The van der Waals surface area contributed by atoms with Gasteiger partial charge in [-0.3, -0.25) is 10.1 Å². The average molecular weight is 531 g/mol. The number of rotatable bonds is 9. The zero-order valence-corrected chi connectivity index (χ0v) is 19.7. The maximum absolute atomic E-state index is 14.4. The molecule has 1 unspecified atom stereocenters. The van der Waals surface area contributed by atoms with Gasteiger partial charge in [0.1, 0.15) is 17.7 Å². The number of hydrogen-bond acceptors (Lipinski definition) is 6. The molecular formula is C22H19ClF4N4O3S. The average Bonchev–Trinajstić information content (AvgIpc) is 3.24. The van der Waals surface area contributed by atoms with E-state index in [1.165, 1.54) is 17.6 Å². The second kappa shape index (κ2) is 11.0. The summed E-state index contributed by atoms with van der Waals surface area (Å²) in [5, 5.41) is 15.9. The van der Waals surface area contributed by atoms with Gasteiger partial charge >= 0.3 is 12.1 Å². The van der Waals surface area contributed by atoms with Crippen LogP contribution < -0.4 is 10.6 Å². The molecule has 0 aliphatic rings. The lowest BCUT2D eigenvalue weighted by Gasteiger charge is -2.16. The van der Waals surface area contributed by atoms with Crippen molar-refractivity contribution in [3.8, 4) is 11.3 Å². The molecule has 3 aromatic rings. The third-order valence-corrected chi connectivity index (χ3v) is 5.91. The summed E-state index contributed by atoms with van der Waals surface area (Å²) in [7, 11) is 0. The fourth-order valence-corrected chi connectivity index (χ4v) is 4.00. The zero-order valence-electron chi connectivity index (χ0n) is 18.1. The van der Waals surface area contributed by atoms with Crippen LogP contribution in [0.4, 0.5) is 28.5 Å². The first-order valence-electron chi connectivity index (χ1n) is 10.3. The summed E-state index contributed by atoms with van der Waals surface area (Å²) in [6.45, 7) is 1.93. The van der Waals surface area contributed by atoms with Crippen LogP contribution in [0.25, 0.3) is 11.3 Å². The van der Waals surface area contributed by atoms with E-state index in [4.69, 9.17) is 11.6 Å². The highest BCUT2D eigenvalue weighted by Gasteiger charge is 2.35. The molecule has 2 heterocycles. The van der Waals surface area contributed by atoms with Crippen molar-refractivity contribution >= 4 is 45.8 Å². The smallest absolute Gasteiger partial charge is 0.419 e. The van der Waals surface area contributed by atoms with Crippen molar-refractivity contribution in [2.45, 2.75) is 38.4 Å². The molecule has 0 saturated heterocycles. The fraction of sp³-hybridized carbons (Fsp3) is 0.273. The third-order valence-electron chi connectivity index (χ3n) is 4.86. The van der Waals surface area contributed by atoms with Gasteiger partial charge in [0.05, 0.1) is 21.8 Å². The predicted octanol–water partition coefficient (Wildman–Crippen LogP) is 6.32. The number of halogens is 5. The van der Waals surface area contributed by atoms with Gasteiger partial charge in [-0.25, -0.2) is 19.2 Å². The number of amides is 1. The van der Waals surface area contributed by atoms with E-state index in [0.29, 0.717) is 18.9 Å². The number of aromatic nitrogens is 2. The van der Waals surface area contributed by atoms with Crippen LogP contribution in [0.3, 0.4) is 0 Å². The first-order chi connectivity index (χ1) is 16.5. The third kappa shape index (κ3) is 6.45. The molecule has 13 heteroatoms. The number of anilines is 2. The number of nitrogens with zero attached hydrogens (tertiary/aromatic N) is 2. The molecule has 3 rings (SSSR count). The van der Waals surface area contributed by atoms with E-state index in [1.54, 1.807) is 0 Å². The lowest BCUT2D eigenvalue weighted by molar-refractivity contribution is -0.140. The Labute approximate surface area is 206 Å². The second-order valence-electron chi connectivity index (χ2n) is 7.39. The first kappa shape index (κ1) is 26.4. The van der Waals surface area contributed by atoms with Crippen LogP contribution in [-0.2, 0) is 11.0 Å². The number of aliphatic carboxylic acids is 1. The van der Waals surface area contributed by atoms with E-state index in [1.807, 2.05) is 6.92 Å². The highest BCUT2D eigenvalue weighted by atomic mass is 35.5. The number of carboxylic acids is 1. The second-order valence-corrected chi connectivity index (χ2v) is 8.65. The fourth-order valence-electron chi connectivity index (χ4n) is 3.07. The standard InChI is InChI=1S/C22H19ClF4N4O3S/c1-2-3-7-15(20(33)34)29-18-14(23)8-11(9-28-18)19(32)31-21-30-16(10-35-21)12-5-4-6-13(17(12)24)22(25,26)27/h4-6,8-10,15H,2-3,7H2,1H3,(H,28,29)(H,33,34)(H,30,31,32). The molecule has 0 spiro atoms. The molecule has 0 bridgehead atoms. The summed E-state index contributed by atoms with van der Waals surface area (Å²) in [4.78, 5) is 32.0. The van der Waals surface area contributed by atoms with E-state index in [0.717, 1.165) is 29.9 Å². The van der Waals surface area contributed by atoms with E-state index >= 15 is 0 Å². The Morgan fingerprint density at radius 1 is 1.29 bits per heavy atom. The molecule has 3 N–H and O–H groups in total. The highest BCUT2D eigenvalue weighted by molar-refractivity contribution is 7.14. The molecule has 2 aromatic heterocycles. The van der Waals surface area contributed by atoms with E-state index in [2.05, 4.69) is 20.6 Å². The van der Waals surface area contributed by atoms with Crippen LogP contribution in [0.1, 0.15) is 42.1 Å². The summed E-state index contributed by atoms with van der Waals surface area (Å²) < 4.78 is 53.3.